The van der Waals surface area contributed by atoms with E-state index >= 15 is 0 Å². The molecule has 2 unspecified atom stereocenters. The van der Waals surface area contributed by atoms with Crippen molar-refractivity contribution in [1.29, 1.82) is 0 Å². The molecule has 1 fully saturated rings. The normalized spacial score (nSPS) is 24.0. The first-order valence-corrected chi connectivity index (χ1v) is 16.4. The number of rotatable bonds is 8. The van der Waals surface area contributed by atoms with Crippen molar-refractivity contribution in [2.45, 2.75) is 49.8 Å². The van der Waals surface area contributed by atoms with Gasteiger partial charge < -0.3 is 5.32 Å². The van der Waals surface area contributed by atoms with Crippen LogP contribution in [0.3, 0.4) is 0 Å². The average molecular weight is 664 g/mol. The molecule has 7 heteroatoms. The Hall–Kier alpha value is -1.45. The van der Waals surface area contributed by atoms with Crippen molar-refractivity contribution in [1.82, 2.24) is 8.43 Å². The van der Waals surface area contributed by atoms with Gasteiger partial charge in [0.2, 0.25) is 0 Å². The summed E-state index contributed by atoms with van der Waals surface area (Å²) in [5, 5.41) is 3.32. The zero-order valence-electron chi connectivity index (χ0n) is 19.8. The number of hydrogen-bond acceptors (Lipinski definition) is 5. The summed E-state index contributed by atoms with van der Waals surface area (Å²) >= 11 is 5.24. The number of halogens is 2. The van der Waals surface area contributed by atoms with Gasteiger partial charge in [0, 0.05) is 59.7 Å². The highest BCUT2D eigenvalue weighted by atomic mass is 127. The fraction of sp³-hybridized carbons (Fsp3) is 0.393. The second kappa shape index (κ2) is 12.2. The Balaban J connectivity index is 1.23. The topological polar surface area (TPSA) is 44.7 Å². The Kier molecular flexibility index (Phi) is 8.78. The van der Waals surface area contributed by atoms with Crippen LogP contribution in [0, 0.1) is 11.8 Å². The fourth-order valence-corrected chi connectivity index (χ4v) is 9.19. The molecule has 1 aromatic carbocycles. The number of nitrogens with one attached hydrogen (secondary N) is 1. The Morgan fingerprint density at radius 3 is 2.89 bits per heavy atom. The SMILES string of the molecule is O=C(CSc1ccccc1)C1CCCC(C2=NC3=C(Br)C=IN3C(CCC3=CC=CNC3)=C2)CC1. The van der Waals surface area contributed by atoms with E-state index in [1.54, 1.807) is 11.8 Å². The lowest BCUT2D eigenvalue weighted by Crippen LogP contribution is -2.23. The Morgan fingerprint density at radius 2 is 2.06 bits per heavy atom. The maximum Gasteiger partial charge on any atom is 0.156 e. The van der Waals surface area contributed by atoms with Gasteiger partial charge in [-0.05, 0) is 84.9 Å². The van der Waals surface area contributed by atoms with Crippen molar-refractivity contribution in [3.63, 3.8) is 0 Å². The molecule has 0 bridgehead atoms. The third kappa shape index (κ3) is 6.46. The summed E-state index contributed by atoms with van der Waals surface area (Å²) in [6.07, 6.45) is 16.1. The van der Waals surface area contributed by atoms with Crippen LogP contribution in [0.25, 0.3) is 0 Å². The average Bonchev–Trinajstić information content (AvgIpc) is 3.11. The number of Topliss-reactive ketones (excluding diaryl/α,β-unsaturated/α-hetero) is 1. The maximum absolute atomic E-state index is 13.0. The molecular formula is C28H31BrIN3OS. The van der Waals surface area contributed by atoms with Gasteiger partial charge >= 0.3 is 0 Å². The number of benzene rings is 1. The number of nitrogens with zero attached hydrogens (tertiary/aromatic N) is 2. The molecule has 4 nitrogen and oxygen atoms in total. The smallest absolute Gasteiger partial charge is 0.156 e. The lowest BCUT2D eigenvalue weighted by Gasteiger charge is -2.28. The van der Waals surface area contributed by atoms with Gasteiger partial charge in [-0.1, -0.05) is 36.3 Å². The number of carbonyl (C=O) groups excluding carboxylic acids is 1. The molecule has 4 aliphatic rings. The number of fused-ring (bicyclic) bond motifs is 1. The zero-order chi connectivity index (χ0) is 24.0. The summed E-state index contributed by atoms with van der Waals surface area (Å²) in [6, 6.07) is 10.3. The minimum atomic E-state index is -0.199. The van der Waals surface area contributed by atoms with Gasteiger partial charge in [0.25, 0.3) is 0 Å². The lowest BCUT2D eigenvalue weighted by atomic mass is 9.91. The van der Waals surface area contributed by atoms with E-state index in [1.807, 2.05) is 24.4 Å². The Labute approximate surface area is 231 Å². The molecule has 0 saturated heterocycles. The standard InChI is InChI=1S/C28H31BrIN3OS/c29-25-17-30-33-23(14-11-20-6-5-15-31-18-20)16-26(32-28(25)33)21-7-4-8-22(13-12-21)27(34)19-35-24-9-2-1-3-10-24/h1-3,5-6,9-10,15-17,21-22,31H,4,7-8,11-14,18-19H2. The number of thioether (sulfide) groups is 1. The van der Waals surface area contributed by atoms with Crippen molar-refractivity contribution in [3.05, 3.63) is 76.3 Å². The van der Waals surface area contributed by atoms with Crippen LogP contribution in [0.2, 0.25) is 0 Å². The number of allylic oxidation sites excluding steroid dienone is 5. The van der Waals surface area contributed by atoms with Gasteiger partial charge in [-0.25, -0.2) is 4.99 Å². The van der Waals surface area contributed by atoms with Crippen molar-refractivity contribution in [3.8, 4) is 0 Å². The molecule has 0 aromatic heterocycles. The van der Waals surface area contributed by atoms with Crippen molar-refractivity contribution < 1.29 is 4.79 Å². The highest BCUT2D eigenvalue weighted by Gasteiger charge is 2.30. The third-order valence-corrected chi connectivity index (χ3v) is 12.0. The molecule has 35 heavy (non-hydrogen) atoms. The largest absolute Gasteiger partial charge is 0.387 e. The lowest BCUT2D eigenvalue weighted by molar-refractivity contribution is -0.120. The summed E-state index contributed by atoms with van der Waals surface area (Å²) in [7, 11) is 0. The zero-order valence-corrected chi connectivity index (χ0v) is 24.3. The summed E-state index contributed by atoms with van der Waals surface area (Å²) < 4.78 is 5.93. The van der Waals surface area contributed by atoms with E-state index in [2.05, 4.69) is 58.7 Å². The Bertz CT molecular complexity index is 1140. The van der Waals surface area contributed by atoms with Crippen molar-refractivity contribution >= 4 is 64.2 Å². The number of carbonyl (C=O) groups is 1. The minimum Gasteiger partial charge on any atom is -0.387 e. The number of ketones is 1. The molecule has 5 rings (SSSR count). The second-order valence-corrected chi connectivity index (χ2v) is 13.4. The molecule has 184 valence electrons. The number of hydrogen-bond donors (Lipinski definition) is 1. The van der Waals surface area contributed by atoms with Crippen LogP contribution in [-0.2, 0) is 4.79 Å². The predicted molar refractivity (Wildman–Crippen MR) is 160 cm³/mol. The Morgan fingerprint density at radius 1 is 1.17 bits per heavy atom. The molecule has 3 heterocycles. The molecule has 0 radical (unpaired) electrons. The van der Waals surface area contributed by atoms with Gasteiger partial charge in [-0.15, -0.1) is 11.8 Å². The summed E-state index contributed by atoms with van der Waals surface area (Å²) in [5.74, 6) is 2.74. The van der Waals surface area contributed by atoms with Gasteiger partial charge in [-0.3, -0.25) is 7.91 Å². The van der Waals surface area contributed by atoms with Gasteiger partial charge in [0.15, 0.2) is 5.82 Å². The predicted octanol–water partition coefficient (Wildman–Crippen LogP) is 7.27. The summed E-state index contributed by atoms with van der Waals surface area (Å²) in [5.41, 5.74) is 4.09. The summed E-state index contributed by atoms with van der Waals surface area (Å²) in [6.45, 7) is 0.943. The third-order valence-electron chi connectivity index (χ3n) is 6.99. The van der Waals surface area contributed by atoms with Crippen molar-refractivity contribution in [2.75, 3.05) is 12.3 Å². The van der Waals surface area contributed by atoms with Crippen molar-refractivity contribution in [2.24, 2.45) is 16.8 Å². The first-order valence-electron chi connectivity index (χ1n) is 12.4. The van der Waals surface area contributed by atoms with Gasteiger partial charge in [0.05, 0.1) is 10.2 Å². The van der Waals surface area contributed by atoms with Crippen LogP contribution < -0.4 is 5.32 Å². The maximum atomic E-state index is 13.0. The van der Waals surface area contributed by atoms with Crippen LogP contribution >= 0.6 is 48.7 Å². The van der Waals surface area contributed by atoms with E-state index in [1.165, 1.54) is 21.9 Å². The van der Waals surface area contributed by atoms with Gasteiger partial charge in [-0.2, -0.15) is 0 Å². The highest BCUT2D eigenvalue weighted by molar-refractivity contribution is 14.2. The van der Waals surface area contributed by atoms with Crippen LogP contribution in [0.5, 0.6) is 0 Å². The fourth-order valence-electron chi connectivity index (χ4n) is 5.01. The van der Waals surface area contributed by atoms with E-state index in [0.717, 1.165) is 61.8 Å². The molecule has 2 atom stereocenters. The second-order valence-electron chi connectivity index (χ2n) is 9.37. The molecule has 0 spiro atoms. The molecule has 3 aliphatic heterocycles. The van der Waals surface area contributed by atoms with E-state index in [9.17, 15) is 4.79 Å². The monoisotopic (exact) mass is 663 g/mol. The van der Waals surface area contributed by atoms with Crippen LogP contribution in [-0.4, -0.2) is 30.9 Å². The molecule has 0 amide bonds. The van der Waals surface area contributed by atoms with Crippen LogP contribution in [0.15, 0.2) is 86.2 Å². The molecule has 1 aliphatic carbocycles. The first-order chi connectivity index (χ1) is 17.2. The van der Waals surface area contributed by atoms with E-state index in [0.29, 0.717) is 17.5 Å². The summed E-state index contributed by atoms with van der Waals surface area (Å²) in [4.78, 5) is 19.3. The first kappa shape index (κ1) is 25.2. The number of aliphatic imine (C=N–C) groups is 1. The van der Waals surface area contributed by atoms with E-state index in [4.69, 9.17) is 4.99 Å². The van der Waals surface area contributed by atoms with E-state index in [-0.39, 0.29) is 26.9 Å². The molecule has 1 aromatic rings. The number of dihydropyridines is 1. The molecular weight excluding hydrogens is 633 g/mol. The quantitative estimate of drug-likeness (QED) is 0.138. The van der Waals surface area contributed by atoms with Gasteiger partial charge in [0.1, 0.15) is 5.78 Å². The van der Waals surface area contributed by atoms with Crippen LogP contribution in [0.4, 0.5) is 0 Å². The molecule has 1 N–H and O–H groups in total. The molecule has 1 saturated carbocycles. The van der Waals surface area contributed by atoms with E-state index < -0.39 is 0 Å². The van der Waals surface area contributed by atoms with Crippen LogP contribution in [0.1, 0.15) is 44.9 Å². The highest BCUT2D eigenvalue weighted by Crippen LogP contribution is 2.41. The minimum absolute atomic E-state index is 0.191.